The fourth-order valence-electron chi connectivity index (χ4n) is 2.24. The number of rotatable bonds is 1. The summed E-state index contributed by atoms with van der Waals surface area (Å²) < 4.78 is 7.45. The number of nitrogens with two attached hydrogens (primary N) is 1. The summed E-state index contributed by atoms with van der Waals surface area (Å²) in [5.74, 6) is 1.32. The predicted octanol–water partition coefficient (Wildman–Crippen LogP) is 0.451. The average molecular weight is 219 g/mol. The van der Waals surface area contributed by atoms with E-state index in [2.05, 4.69) is 4.98 Å². The second-order valence-electron chi connectivity index (χ2n) is 4.07. The van der Waals surface area contributed by atoms with Crippen LogP contribution in [0.4, 0.5) is 5.95 Å². The Hall–Kier alpha value is -1.75. The van der Waals surface area contributed by atoms with Gasteiger partial charge in [0.25, 0.3) is 0 Å². The molecule has 2 aromatic rings. The largest absolute Gasteiger partial charge is 0.487 e. The van der Waals surface area contributed by atoms with Gasteiger partial charge < -0.3 is 20.1 Å². The van der Waals surface area contributed by atoms with Gasteiger partial charge in [0.15, 0.2) is 0 Å². The van der Waals surface area contributed by atoms with Gasteiger partial charge in [-0.15, -0.1) is 0 Å². The van der Waals surface area contributed by atoms with Crippen LogP contribution in [0.25, 0.3) is 11.0 Å². The maximum atomic E-state index is 9.11. The van der Waals surface area contributed by atoms with Gasteiger partial charge in [-0.2, -0.15) is 0 Å². The molecule has 1 aliphatic heterocycles. The van der Waals surface area contributed by atoms with E-state index in [9.17, 15) is 0 Å². The SMILES string of the molecule is Cn1c(N)nc2ccc3c(c21)CC(CO)O3. The molecule has 0 radical (unpaired) electrons. The number of hydrogen-bond acceptors (Lipinski definition) is 4. The molecule has 84 valence electrons. The van der Waals surface area contributed by atoms with Crippen LogP contribution in [0.1, 0.15) is 5.56 Å². The molecule has 5 heteroatoms. The van der Waals surface area contributed by atoms with E-state index in [0.717, 1.165) is 22.3 Å². The highest BCUT2D eigenvalue weighted by atomic mass is 16.5. The lowest BCUT2D eigenvalue weighted by molar-refractivity contribution is 0.134. The van der Waals surface area contributed by atoms with Gasteiger partial charge in [-0.1, -0.05) is 0 Å². The molecule has 1 aliphatic rings. The second kappa shape index (κ2) is 3.12. The number of aromatic nitrogens is 2. The Labute approximate surface area is 92.5 Å². The molecule has 0 saturated heterocycles. The van der Waals surface area contributed by atoms with E-state index in [1.807, 2.05) is 23.7 Å². The number of aliphatic hydroxyl groups excluding tert-OH is 1. The summed E-state index contributed by atoms with van der Waals surface area (Å²) in [6, 6.07) is 3.78. The van der Waals surface area contributed by atoms with Crippen LogP contribution in [0.2, 0.25) is 0 Å². The van der Waals surface area contributed by atoms with Crippen molar-refractivity contribution in [2.75, 3.05) is 12.3 Å². The summed E-state index contributed by atoms with van der Waals surface area (Å²) in [6.07, 6.45) is 0.569. The van der Waals surface area contributed by atoms with Crippen molar-refractivity contribution in [3.05, 3.63) is 17.7 Å². The number of benzene rings is 1. The van der Waals surface area contributed by atoms with Crippen molar-refractivity contribution in [3.8, 4) is 5.75 Å². The molecule has 0 saturated carbocycles. The fourth-order valence-corrected chi connectivity index (χ4v) is 2.24. The Bertz CT molecular complexity index is 562. The summed E-state index contributed by atoms with van der Waals surface area (Å²) in [6.45, 7) is 0.0313. The average Bonchev–Trinajstić information content (AvgIpc) is 2.81. The maximum Gasteiger partial charge on any atom is 0.200 e. The quantitative estimate of drug-likeness (QED) is 0.730. The molecule has 3 rings (SSSR count). The highest BCUT2D eigenvalue weighted by molar-refractivity contribution is 5.84. The minimum absolute atomic E-state index is 0.0313. The number of ether oxygens (including phenoxy) is 1. The standard InChI is InChI=1S/C11H13N3O2/c1-14-10-7-4-6(5-15)16-9(7)3-2-8(10)13-11(14)12/h2-3,6,15H,4-5H2,1H3,(H2,12,13). The number of anilines is 1. The number of fused-ring (bicyclic) bond motifs is 3. The summed E-state index contributed by atoms with van der Waals surface area (Å²) >= 11 is 0. The smallest absolute Gasteiger partial charge is 0.200 e. The Morgan fingerprint density at radius 3 is 3.19 bits per heavy atom. The van der Waals surface area contributed by atoms with Crippen molar-refractivity contribution in [1.82, 2.24) is 9.55 Å². The Morgan fingerprint density at radius 2 is 2.44 bits per heavy atom. The maximum absolute atomic E-state index is 9.11. The van der Waals surface area contributed by atoms with Gasteiger partial charge in [0.05, 0.1) is 17.6 Å². The summed E-state index contributed by atoms with van der Waals surface area (Å²) in [7, 11) is 1.89. The van der Waals surface area contributed by atoms with Crippen LogP contribution in [0.5, 0.6) is 5.75 Å². The Morgan fingerprint density at radius 1 is 1.62 bits per heavy atom. The molecular formula is C11H13N3O2. The number of hydrogen-bond donors (Lipinski definition) is 2. The molecule has 1 atom stereocenters. The molecular weight excluding hydrogens is 206 g/mol. The molecule has 1 unspecified atom stereocenters. The molecule has 2 heterocycles. The minimum Gasteiger partial charge on any atom is -0.487 e. The zero-order valence-corrected chi connectivity index (χ0v) is 8.97. The minimum atomic E-state index is -0.142. The van der Waals surface area contributed by atoms with Gasteiger partial charge in [-0.3, -0.25) is 0 Å². The molecule has 0 amide bonds. The van der Waals surface area contributed by atoms with Crippen molar-refractivity contribution in [2.45, 2.75) is 12.5 Å². The van der Waals surface area contributed by atoms with Crippen LogP contribution in [0.3, 0.4) is 0 Å². The van der Waals surface area contributed by atoms with Gasteiger partial charge in [-0.05, 0) is 12.1 Å². The lowest BCUT2D eigenvalue weighted by Gasteiger charge is -2.04. The first-order chi connectivity index (χ1) is 7.70. The van der Waals surface area contributed by atoms with E-state index in [1.165, 1.54) is 0 Å². The van der Waals surface area contributed by atoms with Crippen LogP contribution < -0.4 is 10.5 Å². The van der Waals surface area contributed by atoms with Crippen molar-refractivity contribution >= 4 is 17.0 Å². The predicted molar refractivity (Wildman–Crippen MR) is 60.3 cm³/mol. The first kappa shape index (κ1) is 9.47. The zero-order valence-electron chi connectivity index (χ0n) is 8.97. The molecule has 0 bridgehead atoms. The van der Waals surface area contributed by atoms with E-state index in [-0.39, 0.29) is 12.7 Å². The lowest BCUT2D eigenvalue weighted by Crippen LogP contribution is -2.17. The summed E-state index contributed by atoms with van der Waals surface area (Å²) in [4.78, 5) is 4.26. The van der Waals surface area contributed by atoms with E-state index < -0.39 is 0 Å². The van der Waals surface area contributed by atoms with Crippen LogP contribution in [0.15, 0.2) is 12.1 Å². The van der Waals surface area contributed by atoms with Gasteiger partial charge in [0, 0.05) is 19.0 Å². The van der Waals surface area contributed by atoms with Crippen molar-refractivity contribution < 1.29 is 9.84 Å². The monoisotopic (exact) mass is 219 g/mol. The van der Waals surface area contributed by atoms with Crippen LogP contribution >= 0.6 is 0 Å². The molecule has 1 aromatic heterocycles. The van der Waals surface area contributed by atoms with Crippen molar-refractivity contribution in [3.63, 3.8) is 0 Å². The molecule has 0 spiro atoms. The van der Waals surface area contributed by atoms with E-state index in [1.54, 1.807) is 0 Å². The van der Waals surface area contributed by atoms with Gasteiger partial charge >= 0.3 is 0 Å². The Balaban J connectivity index is 2.26. The van der Waals surface area contributed by atoms with E-state index in [0.29, 0.717) is 12.4 Å². The molecule has 3 N–H and O–H groups in total. The summed E-state index contributed by atoms with van der Waals surface area (Å²) in [5, 5.41) is 9.11. The third kappa shape index (κ3) is 1.12. The fraction of sp³-hybridized carbons (Fsp3) is 0.364. The van der Waals surface area contributed by atoms with Gasteiger partial charge in [-0.25, -0.2) is 4.98 Å². The first-order valence-corrected chi connectivity index (χ1v) is 5.22. The van der Waals surface area contributed by atoms with Gasteiger partial charge in [0.1, 0.15) is 11.9 Å². The van der Waals surface area contributed by atoms with Crippen LogP contribution in [0, 0.1) is 0 Å². The van der Waals surface area contributed by atoms with Crippen LogP contribution in [-0.4, -0.2) is 27.4 Å². The summed E-state index contributed by atoms with van der Waals surface area (Å²) in [5.41, 5.74) is 8.74. The molecule has 5 nitrogen and oxygen atoms in total. The number of aryl methyl sites for hydroxylation is 1. The highest BCUT2D eigenvalue weighted by Gasteiger charge is 2.26. The third-order valence-corrected chi connectivity index (χ3v) is 3.06. The molecule has 1 aromatic carbocycles. The number of aliphatic hydroxyl groups is 1. The van der Waals surface area contributed by atoms with Crippen molar-refractivity contribution in [1.29, 1.82) is 0 Å². The first-order valence-electron chi connectivity index (χ1n) is 5.22. The van der Waals surface area contributed by atoms with Crippen LogP contribution in [-0.2, 0) is 13.5 Å². The van der Waals surface area contributed by atoms with E-state index >= 15 is 0 Å². The topological polar surface area (TPSA) is 73.3 Å². The number of nitrogens with zero attached hydrogens (tertiary/aromatic N) is 2. The van der Waals surface area contributed by atoms with Gasteiger partial charge in [0.2, 0.25) is 5.95 Å². The molecule has 0 fully saturated rings. The zero-order chi connectivity index (χ0) is 11.3. The second-order valence-corrected chi connectivity index (χ2v) is 4.07. The number of imidazole rings is 1. The lowest BCUT2D eigenvalue weighted by atomic mass is 10.1. The number of nitrogen functional groups attached to an aromatic ring is 1. The molecule has 0 aliphatic carbocycles. The Kier molecular flexibility index (Phi) is 1.85. The molecule has 16 heavy (non-hydrogen) atoms. The van der Waals surface area contributed by atoms with Crippen molar-refractivity contribution in [2.24, 2.45) is 7.05 Å². The third-order valence-electron chi connectivity index (χ3n) is 3.06. The highest BCUT2D eigenvalue weighted by Crippen LogP contribution is 2.35. The van der Waals surface area contributed by atoms with E-state index in [4.69, 9.17) is 15.6 Å². The normalized spacial score (nSPS) is 18.8.